The third-order valence-electron chi connectivity index (χ3n) is 4.74. The van der Waals surface area contributed by atoms with Crippen molar-refractivity contribution < 1.29 is 18.1 Å². The van der Waals surface area contributed by atoms with Gasteiger partial charge >= 0.3 is 0 Å². The van der Waals surface area contributed by atoms with Gasteiger partial charge in [-0.1, -0.05) is 79.8 Å². The molecule has 0 radical (unpaired) electrons. The lowest BCUT2D eigenvalue weighted by molar-refractivity contribution is -0.384. The molecule has 194 valence electrons. The number of nitrogens with one attached hydrogen (secondary N) is 1. The first-order valence-corrected chi connectivity index (χ1v) is 13.5. The summed E-state index contributed by atoms with van der Waals surface area (Å²) in [6, 6.07) is 4.35. The zero-order chi connectivity index (χ0) is 26.5. The lowest BCUT2D eigenvalue weighted by atomic mass is 10.2. The first kappa shape index (κ1) is 30.5. The molecule has 0 aromatic heterocycles. The molecule has 1 aromatic carbocycles. The Morgan fingerprint density at radius 2 is 1.19 bits per heavy atom. The Bertz CT molecular complexity index is 1080. The molecule has 0 aliphatic carbocycles. The Labute approximate surface area is 214 Å². The van der Waals surface area contributed by atoms with Gasteiger partial charge in [-0.2, -0.15) is 0 Å². The summed E-state index contributed by atoms with van der Waals surface area (Å²) in [5, 5.41) is 10.7. The van der Waals surface area contributed by atoms with Crippen LogP contribution in [0, 0.1) is 10.1 Å². The molecule has 0 atom stereocenters. The second-order valence-electron chi connectivity index (χ2n) is 7.73. The minimum Gasteiger partial charge on any atom is -0.274 e. The highest BCUT2D eigenvalue weighted by Crippen LogP contribution is 2.15. The molecule has 0 spiro atoms. The van der Waals surface area contributed by atoms with Crippen molar-refractivity contribution in [3.8, 4) is 0 Å². The van der Waals surface area contributed by atoms with Crippen LogP contribution >= 0.6 is 0 Å². The fraction of sp³-hybridized carbons (Fsp3) is 0.321. The van der Waals surface area contributed by atoms with Crippen LogP contribution in [0.5, 0.6) is 0 Å². The van der Waals surface area contributed by atoms with Crippen molar-refractivity contribution in [1.82, 2.24) is 4.72 Å². The summed E-state index contributed by atoms with van der Waals surface area (Å²) in [7, 11) is -4.05. The number of sulfonamides is 1. The van der Waals surface area contributed by atoms with Crippen LogP contribution in [0.15, 0.2) is 102 Å². The smallest absolute Gasteiger partial charge is 0.269 e. The van der Waals surface area contributed by atoms with Gasteiger partial charge in [-0.25, -0.2) is 13.1 Å². The number of allylic oxidation sites excluding steroid dienone is 12. The van der Waals surface area contributed by atoms with Gasteiger partial charge in [-0.3, -0.25) is 14.9 Å². The number of non-ortho nitro benzene ring substituents is 1. The molecule has 0 fully saturated rings. The van der Waals surface area contributed by atoms with E-state index in [0.717, 1.165) is 62.8 Å². The monoisotopic (exact) mass is 512 g/mol. The van der Waals surface area contributed by atoms with E-state index in [1.807, 2.05) is 23.0 Å². The molecule has 0 saturated heterocycles. The van der Waals surface area contributed by atoms with Gasteiger partial charge in [0.1, 0.15) is 0 Å². The number of rotatable bonds is 17. The van der Waals surface area contributed by atoms with Crippen LogP contribution in [0.3, 0.4) is 0 Å². The molecule has 1 amide bonds. The first-order valence-electron chi connectivity index (χ1n) is 12.1. The van der Waals surface area contributed by atoms with Gasteiger partial charge in [-0.15, -0.1) is 0 Å². The Hall–Kier alpha value is -3.52. The fourth-order valence-electron chi connectivity index (χ4n) is 2.86. The molecule has 0 heterocycles. The van der Waals surface area contributed by atoms with E-state index in [0.29, 0.717) is 6.42 Å². The van der Waals surface area contributed by atoms with Crippen LogP contribution in [0.4, 0.5) is 5.69 Å². The van der Waals surface area contributed by atoms with Crippen molar-refractivity contribution in [3.05, 3.63) is 107 Å². The number of benzene rings is 1. The summed E-state index contributed by atoms with van der Waals surface area (Å²) in [6.45, 7) is 2.13. The average Bonchev–Trinajstić information content (AvgIpc) is 2.85. The van der Waals surface area contributed by atoms with E-state index < -0.39 is 20.9 Å². The Balaban J connectivity index is 2.17. The summed E-state index contributed by atoms with van der Waals surface area (Å²) >= 11 is 0. The molecule has 8 heteroatoms. The van der Waals surface area contributed by atoms with Crippen molar-refractivity contribution in [2.24, 2.45) is 0 Å². The zero-order valence-corrected chi connectivity index (χ0v) is 21.6. The molecule has 36 heavy (non-hydrogen) atoms. The van der Waals surface area contributed by atoms with Crippen molar-refractivity contribution in [1.29, 1.82) is 0 Å². The van der Waals surface area contributed by atoms with E-state index in [9.17, 15) is 23.3 Å². The van der Waals surface area contributed by atoms with Crippen LogP contribution in [0.2, 0.25) is 0 Å². The third kappa shape index (κ3) is 14.7. The van der Waals surface area contributed by atoms with E-state index in [2.05, 4.69) is 61.6 Å². The molecular formula is C28H36N2O5S. The van der Waals surface area contributed by atoms with E-state index >= 15 is 0 Å². The molecule has 1 rings (SSSR count). The zero-order valence-electron chi connectivity index (χ0n) is 20.8. The molecule has 0 aliphatic heterocycles. The normalized spacial score (nSPS) is 12.8. The molecule has 0 saturated carbocycles. The summed E-state index contributed by atoms with van der Waals surface area (Å²) in [6.07, 6.45) is 31.1. The van der Waals surface area contributed by atoms with Gasteiger partial charge in [0.2, 0.25) is 5.91 Å². The number of carbonyl (C=O) groups is 1. The van der Waals surface area contributed by atoms with Crippen molar-refractivity contribution in [2.45, 2.75) is 63.2 Å². The number of amides is 1. The molecule has 0 aliphatic rings. The predicted molar refractivity (Wildman–Crippen MR) is 146 cm³/mol. The maximum absolute atomic E-state index is 12.2. The lowest BCUT2D eigenvalue weighted by Gasteiger charge is -2.06. The van der Waals surface area contributed by atoms with Gasteiger partial charge in [0, 0.05) is 18.6 Å². The van der Waals surface area contributed by atoms with Gasteiger partial charge in [-0.05, 0) is 57.1 Å². The Morgan fingerprint density at radius 3 is 1.61 bits per heavy atom. The highest BCUT2D eigenvalue weighted by Gasteiger charge is 2.18. The van der Waals surface area contributed by atoms with Crippen molar-refractivity contribution in [3.63, 3.8) is 0 Å². The van der Waals surface area contributed by atoms with E-state index in [1.165, 1.54) is 0 Å². The predicted octanol–water partition coefficient (Wildman–Crippen LogP) is 6.88. The van der Waals surface area contributed by atoms with E-state index in [4.69, 9.17) is 0 Å². The van der Waals surface area contributed by atoms with Crippen LogP contribution in [-0.4, -0.2) is 19.2 Å². The van der Waals surface area contributed by atoms with Gasteiger partial charge < -0.3 is 0 Å². The molecular weight excluding hydrogens is 476 g/mol. The summed E-state index contributed by atoms with van der Waals surface area (Å²) in [5.74, 6) is -0.632. The van der Waals surface area contributed by atoms with Gasteiger partial charge in [0.15, 0.2) is 0 Å². The minimum atomic E-state index is -4.05. The molecule has 7 nitrogen and oxygen atoms in total. The average molecular weight is 513 g/mol. The van der Waals surface area contributed by atoms with Crippen LogP contribution in [0.25, 0.3) is 0 Å². The number of nitro benzene ring substituents is 1. The molecule has 1 aromatic rings. The standard InChI is InChI=1S/C28H36N2O5S/c1-2-3-4-5-6-7-8-9-10-11-12-13-14-15-16-17-18-19-20-21-28(31)29-36(34,35)27-24-22-26(23-25-27)30(32)33/h3-4,6-7,9-10,12-13,15-16,18-19,22-25H,2,5,8,11,14,17,20-21H2,1H3,(H,29,31). The Morgan fingerprint density at radius 1 is 0.778 bits per heavy atom. The molecule has 0 bridgehead atoms. The third-order valence-corrected chi connectivity index (χ3v) is 6.13. The highest BCUT2D eigenvalue weighted by atomic mass is 32.2. The van der Waals surface area contributed by atoms with Crippen molar-refractivity contribution in [2.75, 3.05) is 0 Å². The summed E-state index contributed by atoms with van der Waals surface area (Å²) in [5.41, 5.74) is -0.224. The van der Waals surface area contributed by atoms with E-state index in [1.54, 1.807) is 0 Å². The second-order valence-corrected chi connectivity index (χ2v) is 9.42. The number of nitro groups is 1. The lowest BCUT2D eigenvalue weighted by Crippen LogP contribution is -2.30. The largest absolute Gasteiger partial charge is 0.274 e. The number of nitrogens with zero attached hydrogens (tertiary/aromatic N) is 1. The quantitative estimate of drug-likeness (QED) is 0.139. The summed E-state index contributed by atoms with van der Waals surface area (Å²) < 4.78 is 26.3. The number of hydrogen-bond donors (Lipinski definition) is 1. The molecule has 0 unspecified atom stereocenters. The van der Waals surface area contributed by atoms with Crippen molar-refractivity contribution >= 4 is 21.6 Å². The van der Waals surface area contributed by atoms with Gasteiger partial charge in [0.25, 0.3) is 15.7 Å². The summed E-state index contributed by atoms with van der Waals surface area (Å²) in [4.78, 5) is 21.8. The highest BCUT2D eigenvalue weighted by molar-refractivity contribution is 7.90. The second kappa shape index (κ2) is 18.8. The molecule has 1 N–H and O–H groups in total. The van der Waals surface area contributed by atoms with Crippen LogP contribution in [-0.2, 0) is 14.8 Å². The maximum atomic E-state index is 12.2. The van der Waals surface area contributed by atoms with Crippen LogP contribution in [0.1, 0.15) is 58.3 Å². The Kier molecular flexibility index (Phi) is 15.9. The topological polar surface area (TPSA) is 106 Å². The van der Waals surface area contributed by atoms with Crippen LogP contribution < -0.4 is 4.72 Å². The van der Waals surface area contributed by atoms with E-state index in [-0.39, 0.29) is 17.0 Å². The first-order chi connectivity index (χ1) is 17.4. The number of hydrogen-bond acceptors (Lipinski definition) is 5. The fourth-order valence-corrected chi connectivity index (χ4v) is 3.87. The SMILES string of the molecule is CCC=CCC=CCC=CCC=CCC=CCC=CCCC(=O)NS(=O)(=O)c1ccc([N+](=O)[O-])cc1. The van der Waals surface area contributed by atoms with Gasteiger partial charge in [0.05, 0.1) is 9.82 Å². The number of carbonyl (C=O) groups excluding carboxylic acids is 1. The minimum absolute atomic E-state index is 0.0222. The maximum Gasteiger partial charge on any atom is 0.269 e.